The Labute approximate surface area is 164 Å². The van der Waals surface area contributed by atoms with Crippen LogP contribution in [0.15, 0.2) is 42.5 Å². The fourth-order valence-electron chi connectivity index (χ4n) is 5.28. The zero-order valence-electron chi connectivity index (χ0n) is 16.9. The summed E-state index contributed by atoms with van der Waals surface area (Å²) in [5.41, 5.74) is 0.768. The minimum Gasteiger partial charge on any atom is -0.389 e. The normalized spacial score (nSPS) is 24.5. The highest BCUT2D eigenvalue weighted by atomic mass is 16.3. The first kappa shape index (κ1) is 18.9. The summed E-state index contributed by atoms with van der Waals surface area (Å²) in [5.74, 6) is 0.185. The average molecular weight is 367 g/mol. The molecule has 1 aliphatic carbocycles. The Hall–Kier alpha value is -1.42. The van der Waals surface area contributed by atoms with Crippen LogP contribution in [0.3, 0.4) is 0 Å². The average Bonchev–Trinajstić information content (AvgIpc) is 3.15. The van der Waals surface area contributed by atoms with Crippen LogP contribution in [-0.4, -0.2) is 60.3 Å². The number of nitrogens with zero attached hydrogens (tertiary/aromatic N) is 2. The summed E-state index contributed by atoms with van der Waals surface area (Å²) in [5, 5.41) is 14.3. The maximum Gasteiger partial charge on any atom is 0.0728 e. The number of hydrogen-bond acceptors (Lipinski definition) is 3. The molecule has 1 saturated heterocycles. The van der Waals surface area contributed by atoms with Gasteiger partial charge >= 0.3 is 0 Å². The first-order valence-electron chi connectivity index (χ1n) is 10.7. The highest BCUT2D eigenvalue weighted by Crippen LogP contribution is 2.42. The largest absolute Gasteiger partial charge is 0.389 e. The van der Waals surface area contributed by atoms with Crippen molar-refractivity contribution in [1.29, 1.82) is 0 Å². The zero-order valence-corrected chi connectivity index (χ0v) is 16.9. The lowest BCUT2D eigenvalue weighted by Gasteiger charge is -2.41. The van der Waals surface area contributed by atoms with E-state index in [-0.39, 0.29) is 5.92 Å². The first-order valence-corrected chi connectivity index (χ1v) is 10.7. The van der Waals surface area contributed by atoms with Gasteiger partial charge < -0.3 is 14.9 Å². The van der Waals surface area contributed by atoms with Crippen LogP contribution in [0.4, 0.5) is 0 Å². The minimum absolute atomic E-state index is 0.185. The van der Waals surface area contributed by atoms with Crippen molar-refractivity contribution in [2.24, 2.45) is 0 Å². The van der Waals surface area contributed by atoms with Gasteiger partial charge in [0.1, 0.15) is 0 Å². The predicted molar refractivity (Wildman–Crippen MR) is 113 cm³/mol. The van der Waals surface area contributed by atoms with Gasteiger partial charge in [0, 0.05) is 25.0 Å². The van der Waals surface area contributed by atoms with Crippen molar-refractivity contribution in [1.82, 2.24) is 9.80 Å². The molecule has 1 N–H and O–H groups in total. The van der Waals surface area contributed by atoms with E-state index in [1.807, 2.05) is 0 Å². The lowest BCUT2D eigenvalue weighted by Crippen LogP contribution is -2.44. The van der Waals surface area contributed by atoms with E-state index in [0.29, 0.717) is 6.04 Å². The third kappa shape index (κ3) is 3.91. The molecule has 3 nitrogen and oxygen atoms in total. The van der Waals surface area contributed by atoms with Gasteiger partial charge in [-0.2, -0.15) is 0 Å². The van der Waals surface area contributed by atoms with Crippen LogP contribution in [0.5, 0.6) is 0 Å². The zero-order chi connectivity index (χ0) is 18.9. The summed E-state index contributed by atoms with van der Waals surface area (Å²) in [6.45, 7) is 3.22. The topological polar surface area (TPSA) is 26.7 Å². The van der Waals surface area contributed by atoms with E-state index in [0.717, 1.165) is 45.3 Å². The number of likely N-dealkylation sites (N-methyl/N-ethyl adjacent to an activating group) is 1. The molecule has 146 valence electrons. The summed E-state index contributed by atoms with van der Waals surface area (Å²) in [6, 6.07) is 15.9. The number of benzene rings is 2. The van der Waals surface area contributed by atoms with Crippen LogP contribution in [0.2, 0.25) is 0 Å². The van der Waals surface area contributed by atoms with E-state index in [1.54, 1.807) is 0 Å². The summed E-state index contributed by atoms with van der Waals surface area (Å²) < 4.78 is 0. The molecule has 0 radical (unpaired) electrons. The Bertz CT molecular complexity index is 761. The van der Waals surface area contributed by atoms with Gasteiger partial charge in [-0.25, -0.2) is 0 Å². The van der Waals surface area contributed by atoms with Crippen LogP contribution in [0.25, 0.3) is 10.8 Å². The third-order valence-corrected chi connectivity index (χ3v) is 6.99. The minimum atomic E-state index is -0.571. The lowest BCUT2D eigenvalue weighted by molar-refractivity contribution is -0.0293. The van der Waals surface area contributed by atoms with Crippen molar-refractivity contribution in [2.75, 3.05) is 33.7 Å². The molecule has 0 spiro atoms. The number of likely N-dealkylation sites (tertiary alicyclic amines) is 1. The molecule has 2 atom stereocenters. The van der Waals surface area contributed by atoms with E-state index in [4.69, 9.17) is 0 Å². The first-order chi connectivity index (χ1) is 13.1. The Morgan fingerprint density at radius 1 is 1.07 bits per heavy atom. The van der Waals surface area contributed by atoms with E-state index in [9.17, 15) is 5.11 Å². The molecule has 1 unspecified atom stereocenters. The molecule has 0 amide bonds. The van der Waals surface area contributed by atoms with Crippen LogP contribution < -0.4 is 0 Å². The third-order valence-electron chi connectivity index (χ3n) is 6.99. The SMILES string of the molecule is CN(C)[C@H]1CCN(CC(c2cccc3ccccc23)C2(O)CCCCC2)C1. The summed E-state index contributed by atoms with van der Waals surface area (Å²) in [7, 11) is 4.37. The van der Waals surface area contributed by atoms with Gasteiger partial charge in [-0.15, -0.1) is 0 Å². The molecule has 2 aromatic rings. The molecule has 27 heavy (non-hydrogen) atoms. The Kier molecular flexibility index (Phi) is 5.54. The Balaban J connectivity index is 1.68. The number of aliphatic hydroxyl groups is 1. The molecule has 2 aromatic carbocycles. The van der Waals surface area contributed by atoms with Crippen molar-refractivity contribution in [3.8, 4) is 0 Å². The van der Waals surface area contributed by atoms with Gasteiger partial charge in [-0.05, 0) is 56.2 Å². The summed E-state index contributed by atoms with van der Waals surface area (Å²) in [6.07, 6.45) is 6.67. The Morgan fingerprint density at radius 3 is 2.56 bits per heavy atom. The van der Waals surface area contributed by atoms with E-state index >= 15 is 0 Å². The molecular formula is C24H34N2O. The van der Waals surface area contributed by atoms with Crippen LogP contribution in [0, 0.1) is 0 Å². The second kappa shape index (κ2) is 7.90. The van der Waals surface area contributed by atoms with Gasteiger partial charge in [0.05, 0.1) is 5.60 Å². The monoisotopic (exact) mass is 366 g/mol. The quantitative estimate of drug-likeness (QED) is 0.857. The lowest BCUT2D eigenvalue weighted by atomic mass is 9.71. The van der Waals surface area contributed by atoms with Crippen molar-refractivity contribution in [3.63, 3.8) is 0 Å². The predicted octanol–water partition coefficient (Wildman–Crippen LogP) is 4.25. The second-order valence-corrected chi connectivity index (χ2v) is 8.95. The van der Waals surface area contributed by atoms with Crippen molar-refractivity contribution in [2.45, 2.75) is 56.1 Å². The number of fused-ring (bicyclic) bond motifs is 1. The van der Waals surface area contributed by atoms with E-state index in [1.165, 1.54) is 29.2 Å². The van der Waals surface area contributed by atoms with Crippen LogP contribution in [0.1, 0.15) is 50.0 Å². The highest BCUT2D eigenvalue weighted by Gasteiger charge is 2.41. The molecule has 0 aromatic heterocycles. The molecule has 4 rings (SSSR count). The summed E-state index contributed by atoms with van der Waals surface area (Å²) >= 11 is 0. The van der Waals surface area contributed by atoms with Gasteiger partial charge in [0.15, 0.2) is 0 Å². The van der Waals surface area contributed by atoms with E-state index < -0.39 is 5.60 Å². The van der Waals surface area contributed by atoms with Crippen LogP contribution >= 0.6 is 0 Å². The smallest absolute Gasteiger partial charge is 0.0728 e. The Morgan fingerprint density at radius 2 is 1.81 bits per heavy atom. The van der Waals surface area contributed by atoms with Crippen LogP contribution in [-0.2, 0) is 0 Å². The number of rotatable bonds is 5. The molecule has 0 bridgehead atoms. The van der Waals surface area contributed by atoms with Crippen molar-refractivity contribution in [3.05, 3.63) is 48.0 Å². The van der Waals surface area contributed by atoms with Gasteiger partial charge in [-0.1, -0.05) is 61.7 Å². The standard InChI is InChI=1S/C24H34N2O/c1-25(2)20-13-16-26(17-20)18-23(24(27)14-6-3-7-15-24)22-12-8-10-19-9-4-5-11-21(19)22/h4-5,8-12,20,23,27H,3,6-7,13-18H2,1-2H3/t20-,23?/m0/s1. The van der Waals surface area contributed by atoms with Crippen molar-refractivity contribution >= 4 is 10.8 Å². The molecule has 2 aliphatic rings. The molecule has 1 saturated carbocycles. The van der Waals surface area contributed by atoms with Gasteiger partial charge in [-0.3, -0.25) is 0 Å². The highest BCUT2D eigenvalue weighted by molar-refractivity contribution is 5.86. The van der Waals surface area contributed by atoms with Gasteiger partial charge in [0.25, 0.3) is 0 Å². The number of hydrogen-bond donors (Lipinski definition) is 1. The second-order valence-electron chi connectivity index (χ2n) is 8.95. The summed E-state index contributed by atoms with van der Waals surface area (Å²) in [4.78, 5) is 4.94. The molecule has 2 fully saturated rings. The maximum absolute atomic E-state index is 11.7. The molecule has 1 aliphatic heterocycles. The fraction of sp³-hybridized carbons (Fsp3) is 0.583. The molecule has 1 heterocycles. The molecular weight excluding hydrogens is 332 g/mol. The van der Waals surface area contributed by atoms with E-state index in [2.05, 4.69) is 66.4 Å². The fourth-order valence-corrected chi connectivity index (χ4v) is 5.28. The maximum atomic E-state index is 11.7. The van der Waals surface area contributed by atoms with Gasteiger partial charge in [0.2, 0.25) is 0 Å². The molecule has 3 heteroatoms. The van der Waals surface area contributed by atoms with Crippen molar-refractivity contribution < 1.29 is 5.11 Å².